The van der Waals surface area contributed by atoms with E-state index in [2.05, 4.69) is 32.9 Å². The molecule has 1 N–H and O–H groups in total. The van der Waals surface area contributed by atoms with Crippen molar-refractivity contribution in [3.05, 3.63) is 34.4 Å². The number of nitrogens with zero attached hydrogens (tertiary/aromatic N) is 1. The van der Waals surface area contributed by atoms with Crippen molar-refractivity contribution in [2.24, 2.45) is 0 Å². The van der Waals surface area contributed by atoms with E-state index in [0.29, 0.717) is 6.54 Å². The van der Waals surface area contributed by atoms with E-state index in [1.165, 1.54) is 22.3 Å². The second kappa shape index (κ2) is 5.32. The molecular weight excluding hydrogens is 214 g/mol. The van der Waals surface area contributed by atoms with E-state index in [1.54, 1.807) is 6.92 Å². The van der Waals surface area contributed by atoms with Crippen molar-refractivity contribution in [3.63, 3.8) is 0 Å². The van der Waals surface area contributed by atoms with Crippen LogP contribution < -0.4 is 0 Å². The van der Waals surface area contributed by atoms with Gasteiger partial charge in [0, 0.05) is 6.54 Å². The van der Waals surface area contributed by atoms with Crippen molar-refractivity contribution in [2.75, 3.05) is 7.05 Å². The van der Waals surface area contributed by atoms with E-state index < -0.39 is 12.0 Å². The molecule has 0 aliphatic carbocycles. The number of likely N-dealkylation sites (N-methyl/N-ethyl adjacent to an activating group) is 1. The molecule has 3 nitrogen and oxygen atoms in total. The summed E-state index contributed by atoms with van der Waals surface area (Å²) < 4.78 is 0. The van der Waals surface area contributed by atoms with Crippen molar-refractivity contribution < 1.29 is 9.90 Å². The third kappa shape index (κ3) is 3.07. The average Bonchev–Trinajstić information content (AvgIpc) is 2.28. The Morgan fingerprint density at radius 3 is 2.41 bits per heavy atom. The standard InChI is InChI=1S/C14H21NO2/c1-9-6-7-13(11(3)10(9)2)8-15(5)12(4)14(16)17/h6-7,12H,8H2,1-5H3,(H,16,17). The second-order valence-corrected chi connectivity index (χ2v) is 4.72. The first-order valence-electron chi connectivity index (χ1n) is 5.83. The maximum absolute atomic E-state index is 10.9. The Kier molecular flexibility index (Phi) is 4.29. The van der Waals surface area contributed by atoms with Gasteiger partial charge in [-0.25, -0.2) is 0 Å². The number of carboxylic acids is 1. The number of aliphatic carboxylic acids is 1. The summed E-state index contributed by atoms with van der Waals surface area (Å²) in [6.45, 7) is 8.67. The van der Waals surface area contributed by atoms with Gasteiger partial charge in [0.25, 0.3) is 0 Å². The van der Waals surface area contributed by atoms with E-state index in [4.69, 9.17) is 5.11 Å². The lowest BCUT2D eigenvalue weighted by atomic mass is 9.98. The number of rotatable bonds is 4. The third-order valence-electron chi connectivity index (χ3n) is 3.61. The van der Waals surface area contributed by atoms with Crippen LogP contribution >= 0.6 is 0 Å². The van der Waals surface area contributed by atoms with E-state index in [-0.39, 0.29) is 0 Å². The fourth-order valence-electron chi connectivity index (χ4n) is 1.78. The molecule has 0 aromatic heterocycles. The highest BCUT2D eigenvalue weighted by Gasteiger charge is 2.17. The molecule has 1 aromatic rings. The number of carboxylic acid groups (broad SMARTS) is 1. The van der Waals surface area contributed by atoms with Crippen molar-refractivity contribution in [3.8, 4) is 0 Å². The summed E-state index contributed by atoms with van der Waals surface area (Å²) in [6, 6.07) is 3.72. The van der Waals surface area contributed by atoms with Gasteiger partial charge in [-0.2, -0.15) is 0 Å². The van der Waals surface area contributed by atoms with Crippen LogP contribution in [0, 0.1) is 20.8 Å². The van der Waals surface area contributed by atoms with Gasteiger partial charge in [-0.05, 0) is 57.0 Å². The van der Waals surface area contributed by atoms with Gasteiger partial charge < -0.3 is 5.11 Å². The van der Waals surface area contributed by atoms with Crippen molar-refractivity contribution in [2.45, 2.75) is 40.3 Å². The van der Waals surface area contributed by atoms with Crippen molar-refractivity contribution in [1.82, 2.24) is 4.90 Å². The van der Waals surface area contributed by atoms with E-state index >= 15 is 0 Å². The lowest BCUT2D eigenvalue weighted by Gasteiger charge is -2.23. The SMILES string of the molecule is Cc1ccc(CN(C)C(C)C(=O)O)c(C)c1C. The van der Waals surface area contributed by atoms with Gasteiger partial charge in [0.1, 0.15) is 6.04 Å². The quantitative estimate of drug-likeness (QED) is 0.871. The van der Waals surface area contributed by atoms with Crippen LogP contribution in [-0.4, -0.2) is 29.1 Å². The Labute approximate surface area is 103 Å². The Bertz CT molecular complexity index is 426. The minimum Gasteiger partial charge on any atom is -0.480 e. The molecule has 1 atom stereocenters. The smallest absolute Gasteiger partial charge is 0.320 e. The summed E-state index contributed by atoms with van der Waals surface area (Å²) in [4.78, 5) is 12.7. The molecule has 0 bridgehead atoms. The highest BCUT2D eigenvalue weighted by atomic mass is 16.4. The molecule has 0 saturated heterocycles. The fourth-order valence-corrected chi connectivity index (χ4v) is 1.78. The summed E-state index contributed by atoms with van der Waals surface area (Å²) in [5, 5.41) is 8.96. The normalized spacial score (nSPS) is 12.8. The van der Waals surface area contributed by atoms with Gasteiger partial charge >= 0.3 is 5.97 Å². The average molecular weight is 235 g/mol. The molecule has 0 spiro atoms. The minimum atomic E-state index is -0.783. The van der Waals surface area contributed by atoms with Gasteiger partial charge in [0.2, 0.25) is 0 Å². The maximum Gasteiger partial charge on any atom is 0.320 e. The number of carbonyl (C=O) groups is 1. The third-order valence-corrected chi connectivity index (χ3v) is 3.61. The maximum atomic E-state index is 10.9. The summed E-state index contributed by atoms with van der Waals surface area (Å²) >= 11 is 0. The van der Waals surface area contributed by atoms with Crippen molar-refractivity contribution >= 4 is 5.97 Å². The van der Waals surface area contributed by atoms with Crippen LogP contribution in [0.1, 0.15) is 29.2 Å². The largest absolute Gasteiger partial charge is 0.480 e. The summed E-state index contributed by atoms with van der Waals surface area (Å²) in [5.74, 6) is -0.783. The Hall–Kier alpha value is -1.35. The number of benzene rings is 1. The van der Waals surface area contributed by atoms with Gasteiger partial charge in [0.05, 0.1) is 0 Å². The minimum absolute atomic E-state index is 0.462. The second-order valence-electron chi connectivity index (χ2n) is 4.72. The fraction of sp³-hybridized carbons (Fsp3) is 0.500. The Morgan fingerprint density at radius 1 is 1.29 bits per heavy atom. The molecule has 0 fully saturated rings. The molecule has 1 unspecified atom stereocenters. The lowest BCUT2D eigenvalue weighted by molar-refractivity contribution is -0.142. The lowest BCUT2D eigenvalue weighted by Crippen LogP contribution is -2.35. The van der Waals surface area contributed by atoms with Crippen LogP contribution in [0.2, 0.25) is 0 Å². The van der Waals surface area contributed by atoms with Gasteiger partial charge in [0.15, 0.2) is 0 Å². The zero-order chi connectivity index (χ0) is 13.2. The zero-order valence-corrected chi connectivity index (χ0v) is 11.2. The number of hydrogen-bond donors (Lipinski definition) is 1. The Balaban J connectivity index is 2.89. The molecule has 94 valence electrons. The van der Waals surface area contributed by atoms with Crippen LogP contribution in [0.4, 0.5) is 0 Å². The molecule has 0 heterocycles. The first kappa shape index (κ1) is 13.7. The van der Waals surface area contributed by atoms with Crippen molar-refractivity contribution in [1.29, 1.82) is 0 Å². The molecule has 0 saturated carbocycles. The van der Waals surface area contributed by atoms with Gasteiger partial charge in [-0.15, -0.1) is 0 Å². The van der Waals surface area contributed by atoms with E-state index in [1.807, 2.05) is 11.9 Å². The van der Waals surface area contributed by atoms with E-state index in [0.717, 1.165) is 0 Å². The van der Waals surface area contributed by atoms with Gasteiger partial charge in [-0.3, -0.25) is 9.69 Å². The van der Waals surface area contributed by atoms with Crippen LogP contribution in [0.5, 0.6) is 0 Å². The molecule has 1 rings (SSSR count). The molecule has 0 aliphatic heterocycles. The summed E-state index contributed by atoms with van der Waals surface area (Å²) in [6.07, 6.45) is 0. The Morgan fingerprint density at radius 2 is 1.88 bits per heavy atom. The van der Waals surface area contributed by atoms with Crippen LogP contribution in [0.3, 0.4) is 0 Å². The molecule has 0 amide bonds. The molecular formula is C14H21NO2. The first-order valence-corrected chi connectivity index (χ1v) is 5.83. The molecule has 0 aliphatic rings. The highest BCUT2D eigenvalue weighted by Crippen LogP contribution is 2.18. The molecule has 17 heavy (non-hydrogen) atoms. The van der Waals surface area contributed by atoms with Crippen LogP contribution in [-0.2, 0) is 11.3 Å². The highest BCUT2D eigenvalue weighted by molar-refractivity contribution is 5.72. The predicted octanol–water partition coefficient (Wildman–Crippen LogP) is 2.52. The van der Waals surface area contributed by atoms with E-state index in [9.17, 15) is 4.79 Å². The predicted molar refractivity (Wildman–Crippen MR) is 69.2 cm³/mol. The summed E-state index contributed by atoms with van der Waals surface area (Å²) in [5.41, 5.74) is 5.03. The zero-order valence-electron chi connectivity index (χ0n) is 11.2. The van der Waals surface area contributed by atoms with Crippen LogP contribution in [0.25, 0.3) is 0 Å². The summed E-state index contributed by atoms with van der Waals surface area (Å²) in [7, 11) is 1.84. The monoisotopic (exact) mass is 235 g/mol. The molecule has 1 aromatic carbocycles. The number of aryl methyl sites for hydroxylation is 1. The van der Waals surface area contributed by atoms with Gasteiger partial charge in [-0.1, -0.05) is 12.1 Å². The first-order chi connectivity index (χ1) is 7.84. The topological polar surface area (TPSA) is 40.5 Å². The molecule has 0 radical (unpaired) electrons. The van der Waals surface area contributed by atoms with Crippen LogP contribution in [0.15, 0.2) is 12.1 Å². The molecule has 3 heteroatoms. The number of hydrogen-bond acceptors (Lipinski definition) is 2.